The van der Waals surface area contributed by atoms with Crippen LogP contribution in [0.15, 0.2) is 42.5 Å². The average molecular weight is 279 g/mol. The van der Waals surface area contributed by atoms with Crippen LogP contribution in [-0.4, -0.2) is 6.61 Å². The lowest BCUT2D eigenvalue weighted by molar-refractivity contribution is 0.357. The number of benzene rings is 2. The first-order valence-corrected chi connectivity index (χ1v) is 7.88. The van der Waals surface area contributed by atoms with Gasteiger partial charge in [-0.25, -0.2) is 0 Å². The quantitative estimate of drug-likeness (QED) is 0.890. The van der Waals surface area contributed by atoms with Gasteiger partial charge in [0, 0.05) is 12.1 Å². The van der Waals surface area contributed by atoms with E-state index in [1.807, 2.05) is 0 Å². The molecule has 0 amide bonds. The normalized spacial score (nSPS) is 18.0. The topological polar surface area (TPSA) is 21.3 Å². The molecular weight excluding hydrogens is 258 g/mol. The third-order valence-corrected chi connectivity index (χ3v) is 4.54. The predicted molar refractivity (Wildman–Crippen MR) is 85.9 cm³/mol. The molecule has 2 aliphatic rings. The molecule has 1 aliphatic carbocycles. The van der Waals surface area contributed by atoms with E-state index in [1.165, 1.54) is 35.2 Å². The molecule has 108 valence electrons. The third kappa shape index (κ3) is 2.63. The van der Waals surface area contributed by atoms with Crippen molar-refractivity contribution in [3.05, 3.63) is 59.2 Å². The molecule has 2 heteroatoms. The van der Waals surface area contributed by atoms with Crippen LogP contribution in [0.4, 0.5) is 5.69 Å². The molecule has 1 N–H and O–H groups in total. The molecule has 0 spiro atoms. The second kappa shape index (κ2) is 5.10. The first-order valence-electron chi connectivity index (χ1n) is 7.88. The number of rotatable bonds is 4. The summed E-state index contributed by atoms with van der Waals surface area (Å²) in [4.78, 5) is 0. The number of hydrogen-bond acceptors (Lipinski definition) is 2. The van der Waals surface area contributed by atoms with E-state index in [0.29, 0.717) is 6.04 Å². The minimum atomic E-state index is 0.436. The lowest BCUT2D eigenvalue weighted by atomic mass is 10.0. The molecule has 2 aromatic rings. The highest BCUT2D eigenvalue weighted by atomic mass is 16.5. The van der Waals surface area contributed by atoms with Crippen LogP contribution in [-0.2, 0) is 6.42 Å². The molecular formula is C19H21NO. The second-order valence-corrected chi connectivity index (χ2v) is 6.29. The Morgan fingerprint density at radius 1 is 1.10 bits per heavy atom. The van der Waals surface area contributed by atoms with Crippen LogP contribution in [0.5, 0.6) is 5.75 Å². The zero-order valence-electron chi connectivity index (χ0n) is 12.4. The first-order chi connectivity index (χ1) is 10.3. The third-order valence-electron chi connectivity index (χ3n) is 4.54. The summed E-state index contributed by atoms with van der Waals surface area (Å²) in [6, 6.07) is 15.9. The van der Waals surface area contributed by atoms with Gasteiger partial charge in [0.2, 0.25) is 0 Å². The lowest BCUT2D eigenvalue weighted by Crippen LogP contribution is -2.13. The zero-order chi connectivity index (χ0) is 14.2. The standard InChI is InChI=1S/C19H21NO/c1-13-2-4-14(5-3-13)19(15-6-7-15)20-17-8-9-18-16(12-17)10-11-21-18/h2-5,8-9,12,15,19-20H,6-7,10-11H2,1H3. The summed E-state index contributed by atoms with van der Waals surface area (Å²) in [7, 11) is 0. The number of nitrogens with one attached hydrogen (secondary N) is 1. The van der Waals surface area contributed by atoms with Gasteiger partial charge in [-0.05, 0) is 55.0 Å². The van der Waals surface area contributed by atoms with Crippen molar-refractivity contribution in [2.75, 3.05) is 11.9 Å². The van der Waals surface area contributed by atoms with Crippen LogP contribution < -0.4 is 10.1 Å². The van der Waals surface area contributed by atoms with Gasteiger partial charge in [-0.2, -0.15) is 0 Å². The number of fused-ring (bicyclic) bond motifs is 1. The van der Waals surface area contributed by atoms with Gasteiger partial charge in [0.15, 0.2) is 0 Å². The molecule has 0 aromatic heterocycles. The van der Waals surface area contributed by atoms with E-state index >= 15 is 0 Å². The van der Waals surface area contributed by atoms with E-state index < -0.39 is 0 Å². The molecule has 0 radical (unpaired) electrons. The molecule has 21 heavy (non-hydrogen) atoms. The van der Waals surface area contributed by atoms with Crippen molar-refractivity contribution in [1.82, 2.24) is 0 Å². The Hall–Kier alpha value is -1.96. The molecule has 2 nitrogen and oxygen atoms in total. The van der Waals surface area contributed by atoms with Gasteiger partial charge < -0.3 is 10.1 Å². The van der Waals surface area contributed by atoms with Crippen LogP contribution >= 0.6 is 0 Å². The summed E-state index contributed by atoms with van der Waals surface area (Å²) in [5, 5.41) is 3.75. The van der Waals surface area contributed by atoms with Crippen molar-refractivity contribution in [2.45, 2.75) is 32.2 Å². The van der Waals surface area contributed by atoms with E-state index in [-0.39, 0.29) is 0 Å². The number of hydrogen-bond donors (Lipinski definition) is 1. The Labute approximate surface area is 126 Å². The average Bonchev–Trinajstić information content (AvgIpc) is 3.23. The molecule has 1 atom stereocenters. The van der Waals surface area contributed by atoms with E-state index in [9.17, 15) is 0 Å². The fraction of sp³-hybridized carbons (Fsp3) is 0.368. The Morgan fingerprint density at radius 2 is 1.90 bits per heavy atom. The molecule has 1 aliphatic heterocycles. The molecule has 0 bridgehead atoms. The maximum atomic E-state index is 5.59. The van der Waals surface area contributed by atoms with E-state index in [2.05, 4.69) is 54.7 Å². The highest BCUT2D eigenvalue weighted by Gasteiger charge is 2.32. The fourth-order valence-electron chi connectivity index (χ4n) is 3.13. The number of ether oxygens (including phenoxy) is 1. The van der Waals surface area contributed by atoms with Crippen LogP contribution in [0.3, 0.4) is 0 Å². The Bertz CT molecular complexity index is 643. The molecule has 0 saturated heterocycles. The van der Waals surface area contributed by atoms with Crippen molar-refractivity contribution >= 4 is 5.69 Å². The van der Waals surface area contributed by atoms with Crippen molar-refractivity contribution in [2.24, 2.45) is 5.92 Å². The van der Waals surface area contributed by atoms with Crippen molar-refractivity contribution < 1.29 is 4.74 Å². The SMILES string of the molecule is Cc1ccc(C(Nc2ccc3c(c2)CCO3)C2CC2)cc1. The van der Waals surface area contributed by atoms with Gasteiger partial charge in [-0.15, -0.1) is 0 Å². The predicted octanol–water partition coefficient (Wildman–Crippen LogP) is 4.49. The van der Waals surface area contributed by atoms with E-state index in [4.69, 9.17) is 4.74 Å². The fourth-order valence-corrected chi connectivity index (χ4v) is 3.13. The Balaban J connectivity index is 1.59. The maximum Gasteiger partial charge on any atom is 0.122 e. The molecule has 1 heterocycles. The minimum absolute atomic E-state index is 0.436. The largest absolute Gasteiger partial charge is 0.493 e. The summed E-state index contributed by atoms with van der Waals surface area (Å²) < 4.78 is 5.59. The highest BCUT2D eigenvalue weighted by Crippen LogP contribution is 2.43. The van der Waals surface area contributed by atoms with Crippen LogP contribution in [0.2, 0.25) is 0 Å². The second-order valence-electron chi connectivity index (χ2n) is 6.29. The van der Waals surface area contributed by atoms with Gasteiger partial charge in [0.25, 0.3) is 0 Å². The molecule has 2 aromatic carbocycles. The van der Waals surface area contributed by atoms with E-state index in [0.717, 1.165) is 24.7 Å². The van der Waals surface area contributed by atoms with Gasteiger partial charge in [0.05, 0.1) is 12.6 Å². The van der Waals surface area contributed by atoms with Gasteiger partial charge in [-0.1, -0.05) is 29.8 Å². The molecule has 1 unspecified atom stereocenters. The summed E-state index contributed by atoms with van der Waals surface area (Å²) >= 11 is 0. The van der Waals surface area contributed by atoms with Gasteiger partial charge >= 0.3 is 0 Å². The lowest BCUT2D eigenvalue weighted by Gasteiger charge is -2.21. The van der Waals surface area contributed by atoms with Crippen LogP contribution in [0, 0.1) is 12.8 Å². The highest BCUT2D eigenvalue weighted by molar-refractivity contribution is 5.54. The van der Waals surface area contributed by atoms with Crippen molar-refractivity contribution in [1.29, 1.82) is 0 Å². The molecule has 1 fully saturated rings. The van der Waals surface area contributed by atoms with Crippen molar-refractivity contribution in [3.8, 4) is 5.75 Å². The summed E-state index contributed by atoms with van der Waals surface area (Å²) in [6.07, 6.45) is 3.70. The van der Waals surface area contributed by atoms with Crippen LogP contribution in [0.1, 0.15) is 35.6 Å². The molecule has 4 rings (SSSR count). The van der Waals surface area contributed by atoms with Crippen LogP contribution in [0.25, 0.3) is 0 Å². The van der Waals surface area contributed by atoms with Gasteiger partial charge in [-0.3, -0.25) is 0 Å². The monoisotopic (exact) mass is 279 g/mol. The summed E-state index contributed by atoms with van der Waals surface area (Å²) in [6.45, 7) is 2.96. The van der Waals surface area contributed by atoms with Gasteiger partial charge in [0.1, 0.15) is 5.75 Å². The smallest absolute Gasteiger partial charge is 0.122 e. The van der Waals surface area contributed by atoms with E-state index in [1.54, 1.807) is 0 Å². The number of anilines is 1. The first kappa shape index (κ1) is 12.8. The zero-order valence-corrected chi connectivity index (χ0v) is 12.4. The minimum Gasteiger partial charge on any atom is -0.493 e. The maximum absolute atomic E-state index is 5.59. The Morgan fingerprint density at radius 3 is 2.67 bits per heavy atom. The Kier molecular flexibility index (Phi) is 3.10. The number of aryl methyl sites for hydroxylation is 1. The summed E-state index contributed by atoms with van der Waals surface area (Å²) in [5.41, 5.74) is 5.28. The molecule has 1 saturated carbocycles. The summed E-state index contributed by atoms with van der Waals surface area (Å²) in [5.74, 6) is 1.83. The van der Waals surface area contributed by atoms with Crippen molar-refractivity contribution in [3.63, 3.8) is 0 Å².